The van der Waals surface area contributed by atoms with Crippen LogP contribution in [0.3, 0.4) is 0 Å². The van der Waals surface area contributed by atoms with Crippen molar-refractivity contribution in [2.24, 2.45) is 26.9 Å². The quantitative estimate of drug-likeness (QED) is 0.111. The van der Waals surface area contributed by atoms with Gasteiger partial charge in [0.2, 0.25) is 0 Å². The maximum atomic E-state index is 12.8. The van der Waals surface area contributed by atoms with Crippen LogP contribution in [0.5, 0.6) is 0 Å². The Bertz CT molecular complexity index is 1460. The number of carbonyl (C=O) groups excluding carboxylic acids is 4. The van der Waals surface area contributed by atoms with E-state index in [1.807, 2.05) is 0 Å². The Morgan fingerprint density at radius 3 is 1.95 bits per heavy atom. The molecule has 0 saturated heterocycles. The molecule has 0 spiro atoms. The highest BCUT2D eigenvalue weighted by atomic mass is 79.9. The molecule has 0 aliphatic rings. The Kier molecular flexibility index (Phi) is 10.2. The van der Waals surface area contributed by atoms with Gasteiger partial charge in [-0.25, -0.2) is 0 Å². The lowest BCUT2D eigenvalue weighted by Gasteiger charge is -2.03. The summed E-state index contributed by atoms with van der Waals surface area (Å²) in [6, 6.07) is 4.26. The molecule has 3 aromatic heterocycles. The van der Waals surface area contributed by atoms with Crippen LogP contribution in [0.1, 0.15) is 37.9 Å². The van der Waals surface area contributed by atoms with Gasteiger partial charge in [0.15, 0.2) is 11.6 Å². The monoisotopic (exact) mass is 623 g/mol. The number of aryl methyl sites for hydroxylation is 3. The highest BCUT2D eigenvalue weighted by molar-refractivity contribution is 9.12. The second kappa shape index (κ2) is 12.9. The van der Waals surface area contributed by atoms with Crippen molar-refractivity contribution < 1.29 is 19.2 Å². The van der Waals surface area contributed by atoms with Crippen LogP contribution in [0.25, 0.3) is 0 Å². The molecule has 0 aliphatic heterocycles. The Morgan fingerprint density at radius 2 is 1.44 bits per heavy atom. The summed E-state index contributed by atoms with van der Waals surface area (Å²) in [4.78, 5) is 49.7. The lowest BCUT2D eigenvalue weighted by atomic mass is 10.3. The van der Waals surface area contributed by atoms with E-state index in [-0.39, 0.29) is 64.4 Å². The summed E-state index contributed by atoms with van der Waals surface area (Å²) < 4.78 is 4.24. The molecule has 0 atom stereocenters. The van der Waals surface area contributed by atoms with Crippen LogP contribution in [-0.2, 0) is 25.9 Å². The highest BCUT2D eigenvalue weighted by Crippen LogP contribution is 2.18. The molecule has 0 fully saturated rings. The van der Waals surface area contributed by atoms with E-state index in [0.29, 0.717) is 5.69 Å². The molecule has 0 saturated carbocycles. The second-order valence-corrected chi connectivity index (χ2v) is 9.06. The molecule has 0 aliphatic carbocycles. The van der Waals surface area contributed by atoms with Gasteiger partial charge in [-0.3, -0.25) is 34.0 Å². The maximum Gasteiger partial charge on any atom is 0.275 e. The number of rotatable bonds is 10. The molecule has 0 radical (unpaired) electrons. The summed E-state index contributed by atoms with van der Waals surface area (Å²) in [5.41, 5.74) is 6.23. The van der Waals surface area contributed by atoms with Gasteiger partial charge >= 0.3 is 0 Å². The fourth-order valence-corrected chi connectivity index (χ4v) is 3.40. The van der Waals surface area contributed by atoms with E-state index in [4.69, 9.17) is 11.1 Å². The van der Waals surface area contributed by atoms with Crippen molar-refractivity contribution in [2.75, 3.05) is 22.5 Å². The summed E-state index contributed by atoms with van der Waals surface area (Å²) in [6.07, 6.45) is 1.77. The third-order valence-corrected chi connectivity index (χ3v) is 5.49. The molecular weight excluding hydrogens is 598 g/mol. The van der Waals surface area contributed by atoms with Crippen LogP contribution in [0.2, 0.25) is 0 Å². The van der Waals surface area contributed by atoms with E-state index >= 15 is 0 Å². The summed E-state index contributed by atoms with van der Waals surface area (Å²) in [5, 5.41) is 25.9. The second-order valence-electron chi connectivity index (χ2n) is 8.10. The molecule has 0 unspecified atom stereocenters. The first-order chi connectivity index (χ1) is 17.8. The number of hydrogen-bond donors (Lipinski definition) is 6. The van der Waals surface area contributed by atoms with Gasteiger partial charge in [-0.05, 0) is 22.0 Å². The lowest BCUT2D eigenvalue weighted by Crippen LogP contribution is -2.29. The molecule has 4 amide bonds. The molecule has 17 heteroatoms. The molecule has 7 N–H and O–H groups in total. The van der Waals surface area contributed by atoms with Crippen molar-refractivity contribution in [3.05, 3.63) is 52.5 Å². The van der Waals surface area contributed by atoms with Gasteiger partial charge in [-0.15, -0.1) is 12.4 Å². The zero-order valence-corrected chi connectivity index (χ0v) is 23.6. The van der Waals surface area contributed by atoms with Gasteiger partial charge in [-0.1, -0.05) is 6.58 Å². The van der Waals surface area contributed by atoms with Gasteiger partial charge < -0.3 is 31.6 Å². The van der Waals surface area contributed by atoms with Crippen molar-refractivity contribution in [3.8, 4) is 0 Å². The normalized spacial score (nSPS) is 10.3. The van der Waals surface area contributed by atoms with E-state index < -0.39 is 23.6 Å². The fraction of sp³-hybridized carbons (Fsp3) is 0.227. The number of anilines is 3. The number of nitrogens with zero attached hydrogens (tertiary/aromatic N) is 5. The first-order valence-electron chi connectivity index (χ1n) is 11.0. The molecule has 39 heavy (non-hydrogen) atoms. The van der Waals surface area contributed by atoms with Crippen molar-refractivity contribution in [3.63, 3.8) is 0 Å². The maximum absolute atomic E-state index is 12.8. The number of nitrogens with one attached hydrogen (secondary N) is 5. The van der Waals surface area contributed by atoms with Crippen molar-refractivity contribution >= 4 is 75.1 Å². The Hall–Kier alpha value is -4.44. The third kappa shape index (κ3) is 7.78. The minimum absolute atomic E-state index is 0. The Labute approximate surface area is 237 Å². The van der Waals surface area contributed by atoms with E-state index in [1.54, 1.807) is 20.3 Å². The van der Waals surface area contributed by atoms with Gasteiger partial charge in [0.05, 0.1) is 16.0 Å². The SMILES string of the molecule is C=C(Br)C(=O)Nc1cc(C(=O)Nc2cc(C(=O)Nc3cc(C(=O)NCCC(=N)N)n(C)n3)n(C)n2)n(C)c1.Cl. The highest BCUT2D eigenvalue weighted by Gasteiger charge is 2.20. The van der Waals surface area contributed by atoms with Crippen LogP contribution in [0, 0.1) is 5.41 Å². The minimum atomic E-state index is -0.569. The first kappa shape index (κ1) is 30.8. The summed E-state index contributed by atoms with van der Waals surface area (Å²) in [7, 11) is 4.71. The van der Waals surface area contributed by atoms with Crippen LogP contribution in [-0.4, -0.2) is 60.1 Å². The van der Waals surface area contributed by atoms with E-state index in [9.17, 15) is 19.2 Å². The smallest absolute Gasteiger partial charge is 0.275 e. The first-order valence-corrected chi connectivity index (χ1v) is 11.8. The fourth-order valence-electron chi connectivity index (χ4n) is 3.30. The Morgan fingerprint density at radius 1 is 0.923 bits per heavy atom. The number of amidine groups is 1. The number of amides is 4. The molecule has 3 aromatic rings. The lowest BCUT2D eigenvalue weighted by molar-refractivity contribution is -0.112. The predicted molar refractivity (Wildman–Crippen MR) is 151 cm³/mol. The summed E-state index contributed by atoms with van der Waals surface area (Å²) >= 11 is 2.99. The van der Waals surface area contributed by atoms with E-state index in [1.165, 1.54) is 39.2 Å². The number of nitrogens with two attached hydrogens (primary N) is 1. The standard InChI is InChI=1S/C22H26BrN11O4.ClH/c1-11(23)19(35)27-12-7-13(32(2)10-12)21(37)28-18-9-15(34(4)31-18)22(38)29-17-8-14(33(3)30-17)20(36)26-6-5-16(24)25;/h7-10H,1,5-6H2,2-4H3,(H3,24,25)(H,26,36)(H,27,35)(H,28,31,37)(H,29,30,38);1H. The molecule has 208 valence electrons. The molecule has 3 rings (SSSR count). The zero-order chi connectivity index (χ0) is 28.1. The Balaban J connectivity index is 0.00000533. The van der Waals surface area contributed by atoms with Crippen LogP contribution < -0.4 is 27.0 Å². The molecule has 0 bridgehead atoms. The van der Waals surface area contributed by atoms with Gasteiger partial charge in [-0.2, -0.15) is 10.2 Å². The van der Waals surface area contributed by atoms with Crippen LogP contribution >= 0.6 is 28.3 Å². The number of hydrogen-bond acceptors (Lipinski definition) is 7. The number of carbonyl (C=O) groups is 4. The zero-order valence-electron chi connectivity index (χ0n) is 21.2. The van der Waals surface area contributed by atoms with Crippen LogP contribution in [0.4, 0.5) is 17.3 Å². The molecule has 0 aromatic carbocycles. The average Bonchev–Trinajstić information content (AvgIpc) is 3.49. The van der Waals surface area contributed by atoms with Crippen molar-refractivity contribution in [2.45, 2.75) is 6.42 Å². The number of aromatic nitrogens is 5. The largest absolute Gasteiger partial charge is 0.388 e. The topological polar surface area (TPSA) is 207 Å². The molecular formula is C22H27BrClN11O4. The van der Waals surface area contributed by atoms with Crippen molar-refractivity contribution in [1.82, 2.24) is 29.4 Å². The van der Waals surface area contributed by atoms with Crippen molar-refractivity contribution in [1.29, 1.82) is 5.41 Å². The van der Waals surface area contributed by atoms with E-state index in [2.05, 4.69) is 54.0 Å². The average molecular weight is 625 g/mol. The van der Waals surface area contributed by atoms with Gasteiger partial charge in [0, 0.05) is 52.4 Å². The van der Waals surface area contributed by atoms with E-state index in [0.717, 1.165) is 0 Å². The molecule has 3 heterocycles. The summed E-state index contributed by atoms with van der Waals surface area (Å²) in [5.74, 6) is -1.76. The minimum Gasteiger partial charge on any atom is -0.388 e. The van der Waals surface area contributed by atoms with Crippen LogP contribution in [0.15, 0.2) is 35.5 Å². The van der Waals surface area contributed by atoms with Gasteiger partial charge in [0.25, 0.3) is 23.6 Å². The number of halogens is 2. The van der Waals surface area contributed by atoms with Gasteiger partial charge in [0.1, 0.15) is 17.1 Å². The summed E-state index contributed by atoms with van der Waals surface area (Å²) in [6.45, 7) is 3.68. The third-order valence-electron chi connectivity index (χ3n) is 5.13. The predicted octanol–water partition coefficient (Wildman–Crippen LogP) is 1.32. The molecule has 15 nitrogen and oxygen atoms in total.